The highest BCUT2D eigenvalue weighted by atomic mass is 32.2. The van der Waals surface area contributed by atoms with Crippen LogP contribution in [-0.4, -0.2) is 79.0 Å². The van der Waals surface area contributed by atoms with E-state index in [1.54, 1.807) is 0 Å². The van der Waals surface area contributed by atoms with Gasteiger partial charge in [0.2, 0.25) is 5.91 Å². The number of hydrogen-bond donors (Lipinski definition) is 1. The van der Waals surface area contributed by atoms with Crippen molar-refractivity contribution in [2.45, 2.75) is 32.9 Å². The van der Waals surface area contributed by atoms with Crippen LogP contribution in [0.25, 0.3) is 0 Å². The minimum Gasteiger partial charge on any atom is -0.326 e. The Morgan fingerprint density at radius 3 is 2.45 bits per heavy atom. The van der Waals surface area contributed by atoms with Crippen molar-refractivity contribution in [1.82, 2.24) is 14.4 Å². The maximum atomic E-state index is 12.9. The highest BCUT2D eigenvalue weighted by Crippen LogP contribution is 2.27. The molecule has 1 atom stereocenters. The predicted octanol–water partition coefficient (Wildman–Crippen LogP) is 1.77. The topological polar surface area (TPSA) is 98.4 Å². The quantitative estimate of drug-likeness (QED) is 0.692. The summed E-state index contributed by atoms with van der Waals surface area (Å²) in [5, 5.41) is 12.7. The van der Waals surface area contributed by atoms with E-state index >= 15 is 0 Å². The number of nitriles is 1. The van der Waals surface area contributed by atoms with Crippen LogP contribution in [0.4, 0.5) is 5.82 Å². The molecule has 2 aliphatic rings. The third kappa shape index (κ3) is 5.29. The van der Waals surface area contributed by atoms with Gasteiger partial charge in [-0.15, -0.1) is 0 Å². The largest absolute Gasteiger partial charge is 0.326 e. The number of benzene rings is 1. The SMILES string of the molecule is Cc1c(C#N)c(NC(=O)CN2CCN(C3CCS(=O)(=O)C3)CC2)n(Cc2ccccc2)c1C. The van der Waals surface area contributed by atoms with Crippen LogP contribution in [0.5, 0.6) is 0 Å². The average Bonchev–Trinajstić information content (AvgIpc) is 3.26. The Morgan fingerprint density at radius 2 is 1.85 bits per heavy atom. The fraction of sp³-hybridized carbons (Fsp3) is 0.500. The molecule has 0 spiro atoms. The van der Waals surface area contributed by atoms with Crippen molar-refractivity contribution in [3.05, 3.63) is 52.7 Å². The molecule has 1 unspecified atom stereocenters. The van der Waals surface area contributed by atoms with Crippen LogP contribution in [0.15, 0.2) is 30.3 Å². The summed E-state index contributed by atoms with van der Waals surface area (Å²) in [5.41, 5.74) is 3.44. The van der Waals surface area contributed by atoms with Gasteiger partial charge in [-0.25, -0.2) is 8.42 Å². The van der Waals surface area contributed by atoms with E-state index in [4.69, 9.17) is 0 Å². The van der Waals surface area contributed by atoms with Crippen molar-refractivity contribution >= 4 is 21.6 Å². The molecule has 0 aliphatic carbocycles. The number of anilines is 1. The van der Waals surface area contributed by atoms with E-state index < -0.39 is 9.84 Å². The molecule has 2 saturated heterocycles. The molecule has 4 rings (SSSR count). The van der Waals surface area contributed by atoms with Gasteiger partial charge in [-0.2, -0.15) is 5.26 Å². The van der Waals surface area contributed by atoms with E-state index in [0.29, 0.717) is 24.3 Å². The molecule has 8 nitrogen and oxygen atoms in total. The van der Waals surface area contributed by atoms with E-state index in [-0.39, 0.29) is 30.0 Å². The molecule has 0 bridgehead atoms. The maximum absolute atomic E-state index is 12.9. The minimum absolute atomic E-state index is 0.108. The summed E-state index contributed by atoms with van der Waals surface area (Å²) < 4.78 is 25.5. The summed E-state index contributed by atoms with van der Waals surface area (Å²) in [7, 11) is -2.89. The first-order chi connectivity index (χ1) is 15.8. The smallest absolute Gasteiger partial charge is 0.239 e. The Hall–Kier alpha value is -2.67. The molecule has 3 heterocycles. The second-order valence-electron chi connectivity index (χ2n) is 9.03. The number of nitrogens with zero attached hydrogens (tertiary/aromatic N) is 4. The van der Waals surface area contributed by atoms with Crippen molar-refractivity contribution in [1.29, 1.82) is 5.26 Å². The number of hydrogen-bond acceptors (Lipinski definition) is 6. The van der Waals surface area contributed by atoms with Gasteiger partial charge in [0.15, 0.2) is 9.84 Å². The first-order valence-corrected chi connectivity index (χ1v) is 13.2. The molecule has 2 fully saturated rings. The van der Waals surface area contributed by atoms with Crippen molar-refractivity contribution < 1.29 is 13.2 Å². The lowest BCUT2D eigenvalue weighted by molar-refractivity contribution is -0.117. The molecular weight excluding hydrogens is 438 g/mol. The third-order valence-corrected chi connectivity index (χ3v) is 8.63. The molecule has 0 radical (unpaired) electrons. The van der Waals surface area contributed by atoms with Gasteiger partial charge in [0.05, 0.1) is 23.6 Å². The second kappa shape index (κ2) is 9.67. The molecule has 33 heavy (non-hydrogen) atoms. The first-order valence-electron chi connectivity index (χ1n) is 11.4. The van der Waals surface area contributed by atoms with E-state index in [9.17, 15) is 18.5 Å². The van der Waals surface area contributed by atoms with E-state index in [1.165, 1.54) is 0 Å². The van der Waals surface area contributed by atoms with Gasteiger partial charge in [0, 0.05) is 44.5 Å². The zero-order valence-corrected chi connectivity index (χ0v) is 20.1. The second-order valence-corrected chi connectivity index (χ2v) is 11.3. The molecule has 1 aromatic carbocycles. The van der Waals surface area contributed by atoms with Gasteiger partial charge in [0.25, 0.3) is 0 Å². The number of aromatic nitrogens is 1. The third-order valence-electron chi connectivity index (χ3n) is 6.88. The van der Waals surface area contributed by atoms with Gasteiger partial charge in [0.1, 0.15) is 11.9 Å². The lowest BCUT2D eigenvalue weighted by atomic mass is 10.2. The Kier molecular flexibility index (Phi) is 6.88. The summed E-state index contributed by atoms with van der Waals surface area (Å²) in [4.78, 5) is 17.3. The molecular formula is C24H31N5O3S. The summed E-state index contributed by atoms with van der Waals surface area (Å²) in [6.07, 6.45) is 0.705. The summed E-state index contributed by atoms with van der Waals surface area (Å²) in [6.45, 7) is 7.67. The van der Waals surface area contributed by atoms with Crippen LogP contribution >= 0.6 is 0 Å². The Morgan fingerprint density at radius 1 is 1.15 bits per heavy atom. The fourth-order valence-electron chi connectivity index (χ4n) is 4.82. The summed E-state index contributed by atoms with van der Waals surface area (Å²) in [5.74, 6) is 0.941. The number of piperazine rings is 1. The van der Waals surface area contributed by atoms with E-state index in [0.717, 1.165) is 43.0 Å². The van der Waals surface area contributed by atoms with Crippen molar-refractivity contribution in [2.24, 2.45) is 0 Å². The van der Waals surface area contributed by atoms with Gasteiger partial charge in [-0.3, -0.25) is 14.6 Å². The van der Waals surface area contributed by atoms with Crippen LogP contribution in [0.2, 0.25) is 0 Å². The van der Waals surface area contributed by atoms with Crippen LogP contribution < -0.4 is 5.32 Å². The number of carbonyl (C=O) groups is 1. The molecule has 9 heteroatoms. The highest BCUT2D eigenvalue weighted by Gasteiger charge is 2.34. The summed E-state index contributed by atoms with van der Waals surface area (Å²) in [6, 6.07) is 12.3. The molecule has 176 valence electrons. The van der Waals surface area contributed by atoms with Gasteiger partial charge < -0.3 is 9.88 Å². The van der Waals surface area contributed by atoms with Crippen LogP contribution in [0.1, 0.15) is 28.8 Å². The first kappa shape index (κ1) is 23.5. The Balaban J connectivity index is 1.40. The van der Waals surface area contributed by atoms with Crippen LogP contribution in [0.3, 0.4) is 0 Å². The molecule has 1 aromatic heterocycles. The predicted molar refractivity (Wildman–Crippen MR) is 128 cm³/mol. The molecule has 2 aliphatic heterocycles. The van der Waals surface area contributed by atoms with Crippen LogP contribution in [-0.2, 0) is 21.2 Å². The zero-order chi connectivity index (χ0) is 23.6. The number of nitrogens with one attached hydrogen (secondary N) is 1. The van der Waals surface area contributed by atoms with E-state index in [1.807, 2.05) is 48.7 Å². The molecule has 1 amide bonds. The zero-order valence-electron chi connectivity index (χ0n) is 19.2. The number of sulfone groups is 1. The van der Waals surface area contributed by atoms with Gasteiger partial charge in [-0.05, 0) is 31.4 Å². The van der Waals surface area contributed by atoms with E-state index in [2.05, 4.69) is 21.2 Å². The van der Waals surface area contributed by atoms with Gasteiger partial charge >= 0.3 is 0 Å². The van der Waals surface area contributed by atoms with Crippen molar-refractivity contribution in [2.75, 3.05) is 49.5 Å². The highest BCUT2D eigenvalue weighted by molar-refractivity contribution is 7.91. The molecule has 2 aromatic rings. The Labute approximate surface area is 195 Å². The molecule has 1 N–H and O–H groups in total. The van der Waals surface area contributed by atoms with Crippen molar-refractivity contribution in [3.63, 3.8) is 0 Å². The van der Waals surface area contributed by atoms with Gasteiger partial charge in [-0.1, -0.05) is 30.3 Å². The Bertz CT molecular complexity index is 1160. The average molecular weight is 470 g/mol. The number of amides is 1. The number of rotatable bonds is 6. The monoisotopic (exact) mass is 469 g/mol. The van der Waals surface area contributed by atoms with Crippen molar-refractivity contribution in [3.8, 4) is 6.07 Å². The maximum Gasteiger partial charge on any atom is 0.239 e. The summed E-state index contributed by atoms with van der Waals surface area (Å²) >= 11 is 0. The fourth-order valence-corrected chi connectivity index (χ4v) is 6.58. The number of carbonyl (C=O) groups excluding carboxylic acids is 1. The lowest BCUT2D eigenvalue weighted by Crippen LogP contribution is -2.52. The standard InChI is InChI=1S/C24H31N5O3S/c1-18-19(2)29(15-20-6-4-3-5-7-20)24(22(18)14-25)26-23(30)16-27-9-11-28(12-10-27)21-8-13-33(31,32)17-21/h3-7,21H,8-13,15-17H2,1-2H3,(H,26,30). The van der Waals surface area contributed by atoms with Crippen LogP contribution in [0, 0.1) is 25.2 Å². The minimum atomic E-state index is -2.89. The molecule has 0 saturated carbocycles. The lowest BCUT2D eigenvalue weighted by Gasteiger charge is -2.37. The normalized spacial score (nSPS) is 21.1.